The molecule has 128 valence electrons. The maximum absolute atomic E-state index is 4.58. The van der Waals surface area contributed by atoms with Crippen molar-refractivity contribution in [2.24, 2.45) is 4.99 Å². The van der Waals surface area contributed by atoms with Crippen LogP contribution in [0.1, 0.15) is 24.0 Å². The Morgan fingerprint density at radius 2 is 2.26 bits per heavy atom. The highest BCUT2D eigenvalue weighted by Crippen LogP contribution is 2.07. The first-order valence-electron chi connectivity index (χ1n) is 7.68. The Balaban J connectivity index is 0.00000264. The molecule has 0 saturated heterocycles. The largest absolute Gasteiger partial charge is 0.357 e. The van der Waals surface area contributed by atoms with E-state index in [9.17, 15) is 0 Å². The molecule has 0 radical (unpaired) electrons. The molecule has 0 unspecified atom stereocenters. The van der Waals surface area contributed by atoms with E-state index >= 15 is 0 Å². The molecule has 23 heavy (non-hydrogen) atoms. The highest BCUT2D eigenvalue weighted by Gasteiger charge is 2.00. The predicted molar refractivity (Wildman–Crippen MR) is 107 cm³/mol. The standard InChI is InChI=1S/C15H24N6S.HI/c1-3-16-15(17-7-4-10-21-11-5-8-19-21)18-9-6-14-12-22-13(2)20-14;/h5,8,11-12H,3-4,6-7,9-10H2,1-2H3,(H2,16,17,18);1H. The molecule has 0 aliphatic rings. The van der Waals surface area contributed by atoms with E-state index in [-0.39, 0.29) is 24.0 Å². The topological polar surface area (TPSA) is 67.1 Å². The van der Waals surface area contributed by atoms with Gasteiger partial charge >= 0.3 is 0 Å². The van der Waals surface area contributed by atoms with E-state index in [4.69, 9.17) is 0 Å². The molecule has 2 aromatic rings. The van der Waals surface area contributed by atoms with Crippen molar-refractivity contribution in [3.05, 3.63) is 34.5 Å². The van der Waals surface area contributed by atoms with Crippen molar-refractivity contribution in [3.8, 4) is 0 Å². The first-order chi connectivity index (χ1) is 10.8. The fourth-order valence-corrected chi connectivity index (χ4v) is 2.68. The Morgan fingerprint density at radius 3 is 2.91 bits per heavy atom. The lowest BCUT2D eigenvalue weighted by Gasteiger charge is -2.10. The van der Waals surface area contributed by atoms with Crippen LogP contribution < -0.4 is 10.6 Å². The van der Waals surface area contributed by atoms with E-state index in [1.54, 1.807) is 17.5 Å². The molecular formula is C15H25IN6S. The Kier molecular flexibility index (Phi) is 9.85. The lowest BCUT2D eigenvalue weighted by molar-refractivity contribution is 0.584. The highest BCUT2D eigenvalue weighted by atomic mass is 127. The number of aryl methyl sites for hydroxylation is 2. The van der Waals surface area contributed by atoms with E-state index in [0.29, 0.717) is 0 Å². The van der Waals surface area contributed by atoms with Gasteiger partial charge in [-0.3, -0.25) is 9.67 Å². The van der Waals surface area contributed by atoms with Crippen LogP contribution in [0.15, 0.2) is 28.8 Å². The summed E-state index contributed by atoms with van der Waals surface area (Å²) in [5.74, 6) is 0.870. The summed E-state index contributed by atoms with van der Waals surface area (Å²) in [5, 5.41) is 14.0. The zero-order valence-electron chi connectivity index (χ0n) is 13.7. The molecule has 8 heteroatoms. The van der Waals surface area contributed by atoms with Gasteiger partial charge < -0.3 is 10.6 Å². The lowest BCUT2D eigenvalue weighted by atomic mass is 10.3. The van der Waals surface area contributed by atoms with Crippen LogP contribution in [0.4, 0.5) is 0 Å². The van der Waals surface area contributed by atoms with Crippen molar-refractivity contribution >= 4 is 41.3 Å². The summed E-state index contributed by atoms with van der Waals surface area (Å²) in [6.07, 6.45) is 5.67. The monoisotopic (exact) mass is 448 g/mol. The van der Waals surface area contributed by atoms with Crippen molar-refractivity contribution in [2.45, 2.75) is 33.2 Å². The van der Waals surface area contributed by atoms with Crippen LogP contribution in [-0.4, -0.2) is 40.4 Å². The van der Waals surface area contributed by atoms with Gasteiger partial charge in [0.25, 0.3) is 0 Å². The second kappa shape index (κ2) is 11.4. The molecule has 2 heterocycles. The van der Waals surface area contributed by atoms with Crippen LogP contribution in [-0.2, 0) is 13.0 Å². The van der Waals surface area contributed by atoms with Gasteiger partial charge in [-0.15, -0.1) is 35.3 Å². The van der Waals surface area contributed by atoms with Crippen LogP contribution >= 0.6 is 35.3 Å². The van der Waals surface area contributed by atoms with Gasteiger partial charge in [0.15, 0.2) is 5.96 Å². The van der Waals surface area contributed by atoms with Crippen LogP contribution in [0.25, 0.3) is 0 Å². The van der Waals surface area contributed by atoms with Crippen LogP contribution in [0.2, 0.25) is 0 Å². The maximum Gasteiger partial charge on any atom is 0.191 e. The third-order valence-electron chi connectivity index (χ3n) is 3.06. The van der Waals surface area contributed by atoms with Crippen LogP contribution in [0, 0.1) is 6.92 Å². The van der Waals surface area contributed by atoms with E-state index in [0.717, 1.165) is 55.7 Å². The van der Waals surface area contributed by atoms with Gasteiger partial charge in [-0.2, -0.15) is 5.10 Å². The molecule has 0 aliphatic carbocycles. The maximum atomic E-state index is 4.58. The normalized spacial score (nSPS) is 11.1. The third kappa shape index (κ3) is 7.78. The number of hydrogen-bond acceptors (Lipinski definition) is 4. The fourth-order valence-electron chi connectivity index (χ4n) is 2.03. The number of thiazole rings is 1. The smallest absolute Gasteiger partial charge is 0.191 e. The number of halogens is 1. The number of rotatable bonds is 8. The fraction of sp³-hybridized carbons (Fsp3) is 0.533. The average Bonchev–Trinajstić information content (AvgIpc) is 3.15. The summed E-state index contributed by atoms with van der Waals surface area (Å²) >= 11 is 1.70. The summed E-state index contributed by atoms with van der Waals surface area (Å²) in [4.78, 5) is 9.05. The second-order valence-electron chi connectivity index (χ2n) is 4.92. The molecule has 2 rings (SSSR count). The Hall–Kier alpha value is -1.16. The van der Waals surface area contributed by atoms with Crippen molar-refractivity contribution in [1.82, 2.24) is 25.4 Å². The van der Waals surface area contributed by atoms with Gasteiger partial charge in [-0.05, 0) is 26.3 Å². The average molecular weight is 448 g/mol. The summed E-state index contributed by atoms with van der Waals surface area (Å²) in [6.45, 7) is 7.49. The minimum atomic E-state index is 0. The van der Waals surface area contributed by atoms with E-state index in [1.165, 1.54) is 0 Å². The molecule has 0 amide bonds. The SMILES string of the molecule is CCNC(=NCCCn1cccn1)NCCc1csc(C)n1.I. The van der Waals surface area contributed by atoms with E-state index in [1.807, 2.05) is 23.9 Å². The van der Waals surface area contributed by atoms with Gasteiger partial charge in [0, 0.05) is 50.4 Å². The molecule has 2 aromatic heterocycles. The number of guanidine groups is 1. The number of hydrogen-bond donors (Lipinski definition) is 2. The molecule has 0 bridgehead atoms. The van der Waals surface area contributed by atoms with Gasteiger partial charge in [0.2, 0.25) is 0 Å². The summed E-state index contributed by atoms with van der Waals surface area (Å²) in [5.41, 5.74) is 1.14. The molecule has 0 aromatic carbocycles. The van der Waals surface area contributed by atoms with Crippen molar-refractivity contribution in [2.75, 3.05) is 19.6 Å². The van der Waals surface area contributed by atoms with Gasteiger partial charge in [0.1, 0.15) is 0 Å². The molecular weight excluding hydrogens is 423 g/mol. The summed E-state index contributed by atoms with van der Waals surface area (Å²) in [6, 6.07) is 1.94. The summed E-state index contributed by atoms with van der Waals surface area (Å²) < 4.78 is 1.93. The Labute approximate surface area is 158 Å². The molecule has 0 aliphatic heterocycles. The highest BCUT2D eigenvalue weighted by molar-refractivity contribution is 14.0. The lowest BCUT2D eigenvalue weighted by Crippen LogP contribution is -2.38. The number of aromatic nitrogens is 3. The minimum absolute atomic E-state index is 0. The quantitative estimate of drug-likeness (QED) is 0.282. The number of nitrogens with one attached hydrogen (secondary N) is 2. The van der Waals surface area contributed by atoms with Crippen LogP contribution in [0.5, 0.6) is 0 Å². The number of aliphatic imine (C=N–C) groups is 1. The van der Waals surface area contributed by atoms with Crippen LogP contribution in [0.3, 0.4) is 0 Å². The summed E-state index contributed by atoms with van der Waals surface area (Å²) in [7, 11) is 0. The first kappa shape index (κ1) is 19.9. The van der Waals surface area contributed by atoms with Crippen molar-refractivity contribution in [3.63, 3.8) is 0 Å². The number of nitrogens with zero attached hydrogens (tertiary/aromatic N) is 4. The molecule has 6 nitrogen and oxygen atoms in total. The van der Waals surface area contributed by atoms with E-state index in [2.05, 4.69) is 38.0 Å². The van der Waals surface area contributed by atoms with Crippen molar-refractivity contribution in [1.29, 1.82) is 0 Å². The van der Waals surface area contributed by atoms with Gasteiger partial charge in [-0.1, -0.05) is 0 Å². The molecule has 0 spiro atoms. The molecule has 0 fully saturated rings. The third-order valence-corrected chi connectivity index (χ3v) is 3.88. The minimum Gasteiger partial charge on any atom is -0.357 e. The Bertz CT molecular complexity index is 566. The zero-order chi connectivity index (χ0) is 15.6. The molecule has 0 atom stereocenters. The predicted octanol–water partition coefficient (Wildman–Crippen LogP) is 2.45. The zero-order valence-corrected chi connectivity index (χ0v) is 16.8. The first-order valence-corrected chi connectivity index (χ1v) is 8.56. The Morgan fingerprint density at radius 1 is 1.39 bits per heavy atom. The molecule has 2 N–H and O–H groups in total. The van der Waals surface area contributed by atoms with Gasteiger partial charge in [0.05, 0.1) is 10.7 Å². The van der Waals surface area contributed by atoms with E-state index < -0.39 is 0 Å². The van der Waals surface area contributed by atoms with Crippen molar-refractivity contribution < 1.29 is 0 Å². The molecule has 0 saturated carbocycles. The van der Waals surface area contributed by atoms with Gasteiger partial charge in [-0.25, -0.2) is 4.98 Å². The second-order valence-corrected chi connectivity index (χ2v) is 5.98.